The zero-order valence-corrected chi connectivity index (χ0v) is 26.1. The highest BCUT2D eigenvalue weighted by Crippen LogP contribution is 2.71. The van der Waals surface area contributed by atoms with Crippen LogP contribution in [0.1, 0.15) is 85.5 Å². The molecule has 0 aromatic heterocycles. The standard InChI is InChI=1S/C33H52O7S/c1-17-7-12-33(41-16-17)18(2)26-24(40-33)14-23-21-6-5-19-13-20(8-10-31(19,3)22(21)9-11-32(23,26)4)38-30-29(37)28(36)27(35)25(15-34)39-30/h5,17-18,20-30,34-37H,6-16H2,1-4H3/t17-,18+,20+,21-,22+,23+,24+,25-,26+,27+,28+,29-,30-,31+,32+,33+/m1/s1. The molecule has 7 rings (SSSR count). The predicted octanol–water partition coefficient (Wildman–Crippen LogP) is 4.25. The molecule has 0 amide bonds. The lowest BCUT2D eigenvalue weighted by Crippen LogP contribution is -2.60. The van der Waals surface area contributed by atoms with Gasteiger partial charge in [0.1, 0.15) is 29.3 Å². The maximum absolute atomic E-state index is 10.5. The van der Waals surface area contributed by atoms with Crippen molar-refractivity contribution in [1.29, 1.82) is 0 Å². The van der Waals surface area contributed by atoms with Crippen LogP contribution >= 0.6 is 11.8 Å². The Morgan fingerprint density at radius 2 is 1.80 bits per heavy atom. The second-order valence-corrected chi connectivity index (χ2v) is 16.8. The van der Waals surface area contributed by atoms with Crippen LogP contribution in [0.15, 0.2) is 11.6 Å². The summed E-state index contributed by atoms with van der Waals surface area (Å²) in [5.74, 6) is 5.46. The third-order valence-electron chi connectivity index (χ3n) is 13.5. The molecule has 3 saturated heterocycles. The maximum atomic E-state index is 10.5. The van der Waals surface area contributed by atoms with Gasteiger partial charge in [-0.2, -0.15) is 0 Å². The summed E-state index contributed by atoms with van der Waals surface area (Å²) in [7, 11) is 0. The SMILES string of the molecule is C[C@@H]1CC[C@]2(O[C@H]3C[C@H]4[C@@H]5CC=C6C[C@@H](O[C@@H]7O[C@H](CO)[C@H](O)[C@H](O)[C@H]7O)CC[C@]6(C)[C@H]5CC[C@]4(C)[C@H]3[C@@H]2C)SC1. The van der Waals surface area contributed by atoms with E-state index in [1.54, 1.807) is 0 Å². The molecule has 41 heavy (non-hydrogen) atoms. The van der Waals surface area contributed by atoms with Gasteiger partial charge in [-0.3, -0.25) is 0 Å². The fourth-order valence-electron chi connectivity index (χ4n) is 11.1. The minimum Gasteiger partial charge on any atom is -0.394 e. The summed E-state index contributed by atoms with van der Waals surface area (Å²) in [6.45, 7) is 9.59. The van der Waals surface area contributed by atoms with Crippen LogP contribution in [-0.4, -0.2) is 80.6 Å². The number of ether oxygens (including phenoxy) is 3. The van der Waals surface area contributed by atoms with Crippen molar-refractivity contribution < 1.29 is 34.6 Å². The van der Waals surface area contributed by atoms with E-state index in [1.165, 1.54) is 43.4 Å². The van der Waals surface area contributed by atoms with Crippen molar-refractivity contribution in [3.63, 3.8) is 0 Å². The Bertz CT molecular complexity index is 1030. The van der Waals surface area contributed by atoms with Crippen molar-refractivity contribution in [1.82, 2.24) is 0 Å². The zero-order valence-electron chi connectivity index (χ0n) is 25.3. The van der Waals surface area contributed by atoms with E-state index in [2.05, 4.69) is 45.5 Å². The van der Waals surface area contributed by atoms with E-state index < -0.39 is 37.3 Å². The molecule has 3 heterocycles. The van der Waals surface area contributed by atoms with Gasteiger partial charge in [-0.15, -0.1) is 11.8 Å². The Kier molecular flexibility index (Phi) is 7.51. The number of hydrogen-bond donors (Lipinski definition) is 4. The van der Waals surface area contributed by atoms with Crippen LogP contribution in [0.5, 0.6) is 0 Å². The summed E-state index contributed by atoms with van der Waals surface area (Å²) in [4.78, 5) is 0.0532. The minimum atomic E-state index is -1.40. The van der Waals surface area contributed by atoms with Crippen LogP contribution in [0.4, 0.5) is 0 Å². The summed E-state index contributed by atoms with van der Waals surface area (Å²) < 4.78 is 19.0. The molecule has 0 aromatic rings. The average Bonchev–Trinajstić information content (AvgIpc) is 3.40. The van der Waals surface area contributed by atoms with Crippen molar-refractivity contribution in [3.8, 4) is 0 Å². The first-order chi connectivity index (χ1) is 19.5. The highest BCUT2D eigenvalue weighted by molar-refractivity contribution is 8.00. The molecular weight excluding hydrogens is 540 g/mol. The molecule has 0 unspecified atom stereocenters. The first kappa shape index (κ1) is 29.5. The number of allylic oxidation sites excluding steroid dienone is 1. The van der Waals surface area contributed by atoms with Gasteiger partial charge in [-0.1, -0.05) is 39.3 Å². The molecule has 16 atom stereocenters. The molecule has 0 bridgehead atoms. The summed E-state index contributed by atoms with van der Waals surface area (Å²) in [5, 5.41) is 40.4. The maximum Gasteiger partial charge on any atom is 0.186 e. The molecular formula is C33H52O7S. The molecule has 8 heteroatoms. The van der Waals surface area contributed by atoms with Crippen molar-refractivity contribution in [2.24, 2.45) is 46.3 Å². The molecule has 7 aliphatic rings. The van der Waals surface area contributed by atoms with Gasteiger partial charge in [0.05, 0.1) is 18.8 Å². The van der Waals surface area contributed by atoms with E-state index in [9.17, 15) is 20.4 Å². The first-order valence-electron chi connectivity index (χ1n) is 16.5. The zero-order chi connectivity index (χ0) is 28.9. The van der Waals surface area contributed by atoms with Gasteiger partial charge in [0, 0.05) is 5.92 Å². The number of fused-ring (bicyclic) bond motifs is 7. The topological polar surface area (TPSA) is 109 Å². The Morgan fingerprint density at radius 1 is 1.00 bits per heavy atom. The van der Waals surface area contributed by atoms with Gasteiger partial charge < -0.3 is 34.6 Å². The summed E-state index contributed by atoms with van der Waals surface area (Å²) >= 11 is 2.13. The first-order valence-corrected chi connectivity index (χ1v) is 17.5. The average molecular weight is 593 g/mol. The fraction of sp³-hybridized carbons (Fsp3) is 0.939. The van der Waals surface area contributed by atoms with Crippen LogP contribution in [-0.2, 0) is 14.2 Å². The summed E-state index contributed by atoms with van der Waals surface area (Å²) in [5.41, 5.74) is 2.02. The van der Waals surface area contributed by atoms with E-state index >= 15 is 0 Å². The van der Waals surface area contributed by atoms with Crippen molar-refractivity contribution in [2.45, 2.75) is 133 Å². The van der Waals surface area contributed by atoms with Gasteiger partial charge >= 0.3 is 0 Å². The summed E-state index contributed by atoms with van der Waals surface area (Å²) in [6, 6.07) is 0. The summed E-state index contributed by atoms with van der Waals surface area (Å²) in [6.07, 6.45) is 6.91. The monoisotopic (exact) mass is 592 g/mol. The van der Waals surface area contributed by atoms with E-state index in [4.69, 9.17) is 14.2 Å². The van der Waals surface area contributed by atoms with Crippen LogP contribution in [0.25, 0.3) is 0 Å². The number of rotatable bonds is 3. The van der Waals surface area contributed by atoms with Crippen LogP contribution < -0.4 is 0 Å². The van der Waals surface area contributed by atoms with Gasteiger partial charge in [0.15, 0.2) is 6.29 Å². The molecule has 3 aliphatic heterocycles. The molecule has 4 aliphatic carbocycles. The quantitative estimate of drug-likeness (QED) is 0.360. The van der Waals surface area contributed by atoms with E-state index in [-0.39, 0.29) is 16.5 Å². The van der Waals surface area contributed by atoms with E-state index in [1.807, 2.05) is 0 Å². The lowest BCUT2D eigenvalue weighted by Gasteiger charge is -2.58. The normalized spacial score (nSPS) is 58.3. The molecule has 6 fully saturated rings. The number of aliphatic hydroxyl groups excluding tert-OH is 4. The van der Waals surface area contributed by atoms with Crippen molar-refractivity contribution in [3.05, 3.63) is 11.6 Å². The number of aliphatic hydroxyl groups is 4. The molecule has 7 nitrogen and oxygen atoms in total. The third kappa shape index (κ3) is 4.39. The van der Waals surface area contributed by atoms with Gasteiger partial charge in [-0.25, -0.2) is 0 Å². The Hall–Kier alpha value is -0.190. The molecule has 0 radical (unpaired) electrons. The molecule has 1 spiro atoms. The number of hydrogen-bond acceptors (Lipinski definition) is 8. The fourth-order valence-corrected chi connectivity index (χ4v) is 12.7. The Balaban J connectivity index is 1.05. The van der Waals surface area contributed by atoms with Crippen LogP contribution in [0, 0.1) is 46.3 Å². The predicted molar refractivity (Wildman–Crippen MR) is 157 cm³/mol. The van der Waals surface area contributed by atoms with Crippen molar-refractivity contribution in [2.75, 3.05) is 12.4 Å². The smallest absolute Gasteiger partial charge is 0.186 e. The lowest BCUT2D eigenvalue weighted by atomic mass is 9.47. The second-order valence-electron chi connectivity index (χ2n) is 15.5. The van der Waals surface area contributed by atoms with Crippen molar-refractivity contribution >= 4 is 11.8 Å². The lowest BCUT2D eigenvalue weighted by molar-refractivity contribution is -0.313. The molecule has 4 N–H and O–H groups in total. The van der Waals surface area contributed by atoms with E-state index in [0.29, 0.717) is 35.2 Å². The Labute approximate surface area is 249 Å². The Morgan fingerprint density at radius 3 is 2.54 bits per heavy atom. The molecule has 0 aromatic carbocycles. The third-order valence-corrected chi connectivity index (χ3v) is 15.4. The van der Waals surface area contributed by atoms with Crippen LogP contribution in [0.3, 0.4) is 0 Å². The van der Waals surface area contributed by atoms with Crippen LogP contribution in [0.2, 0.25) is 0 Å². The van der Waals surface area contributed by atoms with E-state index in [0.717, 1.165) is 37.5 Å². The van der Waals surface area contributed by atoms with Gasteiger partial charge in [0.25, 0.3) is 0 Å². The molecule has 3 saturated carbocycles. The minimum absolute atomic E-state index is 0.0532. The highest BCUT2D eigenvalue weighted by Gasteiger charge is 2.68. The second kappa shape index (κ2) is 10.4. The van der Waals surface area contributed by atoms with Gasteiger partial charge in [-0.05, 0) is 104 Å². The number of thioether (sulfide) groups is 1. The highest BCUT2D eigenvalue weighted by atomic mass is 32.2. The largest absolute Gasteiger partial charge is 0.394 e. The molecule has 232 valence electrons. The van der Waals surface area contributed by atoms with Gasteiger partial charge in [0.2, 0.25) is 0 Å².